The normalized spacial score (nSPS) is 18.6. The van der Waals surface area contributed by atoms with Gasteiger partial charge in [-0.1, -0.05) is 0 Å². The molecule has 0 bridgehead atoms. The van der Waals surface area contributed by atoms with Gasteiger partial charge in [-0.2, -0.15) is 0 Å². The number of aromatic nitrogens is 5. The van der Waals surface area contributed by atoms with Crippen molar-refractivity contribution >= 4 is 16.9 Å². The summed E-state index contributed by atoms with van der Waals surface area (Å²) in [5, 5.41) is 14.8. The van der Waals surface area contributed by atoms with Crippen molar-refractivity contribution in [3.8, 4) is 11.5 Å². The lowest BCUT2D eigenvalue weighted by molar-refractivity contribution is 0.310. The first-order chi connectivity index (χ1) is 12.8. The highest BCUT2D eigenvalue weighted by molar-refractivity contribution is 5.84. The largest absolute Gasteiger partial charge is 0.379 e. The standard InChI is InChI=1S/C17H22N8O/c18-16-14(23-26-24-16)17-22-13-9-20-7-10(15(13)25(17)12-1-2-12)8-21-11-3-5-19-6-4-11/h7,9,11-12,19,21H,1-6,8H2,(H2,18,24). The average molecular weight is 354 g/mol. The average Bonchev–Trinajstić information content (AvgIpc) is 3.30. The van der Waals surface area contributed by atoms with Crippen LogP contribution in [0.25, 0.3) is 22.6 Å². The topological polar surface area (TPSA) is 120 Å². The summed E-state index contributed by atoms with van der Waals surface area (Å²) < 4.78 is 7.04. The van der Waals surface area contributed by atoms with Gasteiger partial charge >= 0.3 is 0 Å². The molecule has 0 aromatic carbocycles. The van der Waals surface area contributed by atoms with Crippen LogP contribution in [0.1, 0.15) is 37.3 Å². The number of fused-ring (bicyclic) bond motifs is 1. The molecule has 1 saturated heterocycles. The van der Waals surface area contributed by atoms with Crippen molar-refractivity contribution in [2.75, 3.05) is 18.8 Å². The first-order valence-electron chi connectivity index (χ1n) is 9.18. The molecule has 26 heavy (non-hydrogen) atoms. The van der Waals surface area contributed by atoms with Crippen molar-refractivity contribution in [3.63, 3.8) is 0 Å². The minimum atomic E-state index is 0.268. The van der Waals surface area contributed by atoms with Crippen molar-refractivity contribution in [3.05, 3.63) is 18.0 Å². The number of nitrogens with one attached hydrogen (secondary N) is 2. The molecular formula is C17H22N8O. The molecule has 4 N–H and O–H groups in total. The van der Waals surface area contributed by atoms with Crippen LogP contribution in [0.4, 0.5) is 5.82 Å². The summed E-state index contributed by atoms with van der Waals surface area (Å²) in [6.07, 6.45) is 8.30. The van der Waals surface area contributed by atoms with Crippen LogP contribution < -0.4 is 16.4 Å². The number of imidazole rings is 1. The molecule has 9 heteroatoms. The Bertz CT molecular complexity index is 922. The lowest BCUT2D eigenvalue weighted by Gasteiger charge is -2.24. The third kappa shape index (κ3) is 2.73. The maximum atomic E-state index is 5.92. The molecule has 3 aromatic rings. The van der Waals surface area contributed by atoms with Crippen molar-refractivity contribution < 1.29 is 4.63 Å². The van der Waals surface area contributed by atoms with E-state index in [2.05, 4.69) is 30.5 Å². The zero-order valence-corrected chi connectivity index (χ0v) is 14.5. The van der Waals surface area contributed by atoms with Gasteiger partial charge in [-0.25, -0.2) is 9.61 Å². The fourth-order valence-electron chi connectivity index (χ4n) is 3.73. The Morgan fingerprint density at radius 3 is 2.77 bits per heavy atom. The second-order valence-electron chi connectivity index (χ2n) is 7.11. The number of nitrogen functional groups attached to an aromatic ring is 1. The van der Waals surface area contributed by atoms with E-state index in [-0.39, 0.29) is 5.82 Å². The van der Waals surface area contributed by atoms with Gasteiger partial charge in [0, 0.05) is 30.4 Å². The maximum absolute atomic E-state index is 5.92. The first kappa shape index (κ1) is 15.7. The van der Waals surface area contributed by atoms with Crippen LogP contribution in [-0.2, 0) is 6.54 Å². The van der Waals surface area contributed by atoms with E-state index in [1.165, 1.54) is 0 Å². The van der Waals surface area contributed by atoms with Crippen LogP contribution in [-0.4, -0.2) is 44.0 Å². The van der Waals surface area contributed by atoms with Gasteiger partial charge in [-0.15, -0.1) is 0 Å². The molecule has 1 aliphatic heterocycles. The first-order valence-corrected chi connectivity index (χ1v) is 9.18. The summed E-state index contributed by atoms with van der Waals surface area (Å²) in [6.45, 7) is 2.92. The van der Waals surface area contributed by atoms with Crippen molar-refractivity contribution in [2.45, 2.75) is 44.3 Å². The minimum absolute atomic E-state index is 0.268. The molecule has 2 aliphatic rings. The third-order valence-corrected chi connectivity index (χ3v) is 5.23. The lowest BCUT2D eigenvalue weighted by atomic mass is 10.1. The molecule has 0 radical (unpaired) electrons. The molecular weight excluding hydrogens is 332 g/mol. The van der Waals surface area contributed by atoms with E-state index in [1.807, 2.05) is 6.20 Å². The summed E-state index contributed by atoms with van der Waals surface area (Å²) in [6, 6.07) is 0.963. The highest BCUT2D eigenvalue weighted by Crippen LogP contribution is 2.42. The Labute approximate surface area is 150 Å². The van der Waals surface area contributed by atoms with Crippen LogP contribution in [0.2, 0.25) is 0 Å². The highest BCUT2D eigenvalue weighted by Gasteiger charge is 2.32. The molecule has 5 rings (SSSR count). The number of anilines is 1. The fraction of sp³-hybridized carbons (Fsp3) is 0.529. The van der Waals surface area contributed by atoms with Gasteiger partial charge < -0.3 is 20.9 Å². The van der Waals surface area contributed by atoms with Crippen LogP contribution in [0, 0.1) is 0 Å². The maximum Gasteiger partial charge on any atom is 0.199 e. The molecule has 136 valence electrons. The number of hydrogen-bond acceptors (Lipinski definition) is 8. The fourth-order valence-corrected chi connectivity index (χ4v) is 3.73. The van der Waals surface area contributed by atoms with Crippen molar-refractivity contribution in [1.29, 1.82) is 0 Å². The van der Waals surface area contributed by atoms with Gasteiger partial charge in [0.25, 0.3) is 0 Å². The molecule has 3 aromatic heterocycles. The van der Waals surface area contributed by atoms with E-state index in [4.69, 9.17) is 15.3 Å². The summed E-state index contributed by atoms with van der Waals surface area (Å²) in [5.41, 5.74) is 9.56. The van der Waals surface area contributed by atoms with Crippen LogP contribution in [0.15, 0.2) is 17.0 Å². The lowest BCUT2D eigenvalue weighted by Crippen LogP contribution is -2.39. The molecule has 4 heterocycles. The smallest absolute Gasteiger partial charge is 0.199 e. The van der Waals surface area contributed by atoms with E-state index in [9.17, 15) is 0 Å². The van der Waals surface area contributed by atoms with E-state index >= 15 is 0 Å². The van der Waals surface area contributed by atoms with Gasteiger partial charge in [0.15, 0.2) is 17.3 Å². The molecule has 1 saturated carbocycles. The molecule has 0 unspecified atom stereocenters. The summed E-state index contributed by atoms with van der Waals surface area (Å²) in [5.74, 6) is 0.988. The number of hydrogen-bond donors (Lipinski definition) is 3. The Morgan fingerprint density at radius 1 is 1.19 bits per heavy atom. The van der Waals surface area contributed by atoms with Crippen LogP contribution in [0.5, 0.6) is 0 Å². The molecule has 0 spiro atoms. The van der Waals surface area contributed by atoms with Gasteiger partial charge in [0.1, 0.15) is 5.52 Å². The number of pyridine rings is 1. The van der Waals surface area contributed by atoms with Gasteiger partial charge in [0.2, 0.25) is 0 Å². The van der Waals surface area contributed by atoms with Crippen molar-refractivity contribution in [1.82, 2.24) is 35.5 Å². The van der Waals surface area contributed by atoms with E-state index in [1.54, 1.807) is 6.20 Å². The quantitative estimate of drug-likeness (QED) is 0.626. The zero-order chi connectivity index (χ0) is 17.5. The zero-order valence-electron chi connectivity index (χ0n) is 14.5. The van der Waals surface area contributed by atoms with Crippen molar-refractivity contribution in [2.24, 2.45) is 0 Å². The Kier molecular flexibility index (Phi) is 3.83. The van der Waals surface area contributed by atoms with Gasteiger partial charge in [0.05, 0.1) is 11.7 Å². The number of nitrogens with two attached hydrogens (primary N) is 1. The van der Waals surface area contributed by atoms with Gasteiger partial charge in [-0.05, 0) is 49.1 Å². The van der Waals surface area contributed by atoms with Crippen LogP contribution in [0.3, 0.4) is 0 Å². The summed E-state index contributed by atoms with van der Waals surface area (Å²) >= 11 is 0. The Balaban J connectivity index is 1.54. The highest BCUT2D eigenvalue weighted by atomic mass is 16.6. The number of piperidine rings is 1. The molecule has 0 amide bonds. The predicted molar refractivity (Wildman–Crippen MR) is 96.2 cm³/mol. The van der Waals surface area contributed by atoms with Crippen LogP contribution >= 0.6 is 0 Å². The van der Waals surface area contributed by atoms with Gasteiger partial charge in [-0.3, -0.25) is 4.98 Å². The Morgan fingerprint density at radius 2 is 2.04 bits per heavy atom. The predicted octanol–water partition coefficient (Wildman–Crippen LogP) is 1.24. The minimum Gasteiger partial charge on any atom is -0.379 e. The van der Waals surface area contributed by atoms with E-state index in [0.29, 0.717) is 17.8 Å². The summed E-state index contributed by atoms with van der Waals surface area (Å²) in [4.78, 5) is 9.15. The molecule has 0 atom stereocenters. The number of nitrogens with zero attached hydrogens (tertiary/aromatic N) is 5. The molecule has 9 nitrogen and oxygen atoms in total. The monoisotopic (exact) mass is 354 g/mol. The molecule has 1 aliphatic carbocycles. The van der Waals surface area contributed by atoms with E-state index in [0.717, 1.165) is 67.7 Å². The van der Waals surface area contributed by atoms with E-state index < -0.39 is 0 Å². The second-order valence-corrected chi connectivity index (χ2v) is 7.11. The second kappa shape index (κ2) is 6.33. The number of rotatable bonds is 5. The summed E-state index contributed by atoms with van der Waals surface area (Å²) in [7, 11) is 0. The third-order valence-electron chi connectivity index (χ3n) is 5.23. The Hall–Kier alpha value is -2.52. The SMILES string of the molecule is Nc1nonc1-c1nc2cncc(CNC3CCNCC3)c2n1C1CC1. The molecule has 2 fully saturated rings.